The number of hydrogen-bond donors (Lipinski definition) is 1. The molecule has 1 aromatic heterocycles. The van der Waals surface area contributed by atoms with Crippen LogP contribution in [0.1, 0.15) is 22.0 Å². The van der Waals surface area contributed by atoms with Crippen LogP contribution in [0.4, 0.5) is 0 Å². The Labute approximate surface area is 128 Å². The third-order valence-electron chi connectivity index (χ3n) is 3.09. The zero-order valence-electron chi connectivity index (χ0n) is 12.2. The van der Waals surface area contributed by atoms with E-state index in [2.05, 4.69) is 5.32 Å². The molecule has 0 saturated carbocycles. The van der Waals surface area contributed by atoms with Gasteiger partial charge in [0, 0.05) is 18.5 Å². The van der Waals surface area contributed by atoms with Crippen LogP contribution in [0.5, 0.6) is 0 Å². The number of esters is 1. The standard InChI is InChI=1S/C16H19NO3S/c1-19-11-12-5-3-6-13(9-12)15(16(18)20-2)17-10-14-7-4-8-21-14/h3-9,15,17H,10-11H2,1-2H3. The molecule has 0 aliphatic heterocycles. The molecule has 4 nitrogen and oxygen atoms in total. The SMILES string of the molecule is COCc1cccc(C(NCc2cccs2)C(=O)OC)c1. The first-order valence-electron chi connectivity index (χ1n) is 6.66. The van der Waals surface area contributed by atoms with E-state index in [-0.39, 0.29) is 5.97 Å². The average Bonchev–Trinajstić information content (AvgIpc) is 3.01. The van der Waals surface area contributed by atoms with Crippen molar-refractivity contribution in [3.05, 3.63) is 57.8 Å². The fourth-order valence-corrected chi connectivity index (χ4v) is 2.76. The van der Waals surface area contributed by atoms with Gasteiger partial charge in [-0.05, 0) is 22.6 Å². The zero-order chi connectivity index (χ0) is 15.1. The first kappa shape index (κ1) is 15.7. The van der Waals surface area contributed by atoms with Crippen molar-refractivity contribution in [1.82, 2.24) is 5.32 Å². The molecule has 0 spiro atoms. The minimum Gasteiger partial charge on any atom is -0.468 e. The van der Waals surface area contributed by atoms with E-state index in [1.807, 2.05) is 41.8 Å². The molecule has 0 aliphatic rings. The highest BCUT2D eigenvalue weighted by Gasteiger charge is 2.21. The topological polar surface area (TPSA) is 47.6 Å². The van der Waals surface area contributed by atoms with Crippen LogP contribution in [-0.2, 0) is 27.4 Å². The number of hydrogen-bond acceptors (Lipinski definition) is 5. The summed E-state index contributed by atoms with van der Waals surface area (Å²) >= 11 is 1.66. The summed E-state index contributed by atoms with van der Waals surface area (Å²) in [6.45, 7) is 1.15. The van der Waals surface area contributed by atoms with Gasteiger partial charge in [0.15, 0.2) is 0 Å². The van der Waals surface area contributed by atoms with Crippen molar-refractivity contribution >= 4 is 17.3 Å². The van der Waals surface area contributed by atoms with Gasteiger partial charge in [0.1, 0.15) is 6.04 Å². The van der Waals surface area contributed by atoms with E-state index in [0.717, 1.165) is 11.1 Å². The van der Waals surface area contributed by atoms with Crippen molar-refractivity contribution in [2.45, 2.75) is 19.2 Å². The van der Waals surface area contributed by atoms with E-state index >= 15 is 0 Å². The van der Waals surface area contributed by atoms with Gasteiger partial charge in [-0.3, -0.25) is 5.32 Å². The van der Waals surface area contributed by atoms with Crippen molar-refractivity contribution in [2.75, 3.05) is 14.2 Å². The van der Waals surface area contributed by atoms with E-state index in [1.165, 1.54) is 12.0 Å². The lowest BCUT2D eigenvalue weighted by Gasteiger charge is -2.17. The van der Waals surface area contributed by atoms with Crippen LogP contribution < -0.4 is 5.32 Å². The van der Waals surface area contributed by atoms with Crippen molar-refractivity contribution in [3.63, 3.8) is 0 Å². The number of thiophene rings is 1. The first-order chi connectivity index (χ1) is 10.2. The highest BCUT2D eigenvalue weighted by Crippen LogP contribution is 2.18. The molecule has 1 heterocycles. The minimum atomic E-state index is -0.478. The molecular formula is C16H19NO3S. The summed E-state index contributed by atoms with van der Waals surface area (Å²) in [5.74, 6) is -0.291. The molecule has 1 unspecified atom stereocenters. The van der Waals surface area contributed by atoms with Gasteiger partial charge in [0.2, 0.25) is 0 Å². The normalized spacial score (nSPS) is 12.1. The Kier molecular flexibility index (Phi) is 5.92. The van der Waals surface area contributed by atoms with Crippen molar-refractivity contribution < 1.29 is 14.3 Å². The molecule has 0 amide bonds. The maximum absolute atomic E-state index is 12.0. The Morgan fingerprint density at radius 1 is 1.29 bits per heavy atom. The number of nitrogens with one attached hydrogen (secondary N) is 1. The molecule has 5 heteroatoms. The Morgan fingerprint density at radius 3 is 2.81 bits per heavy atom. The summed E-state index contributed by atoms with van der Waals surface area (Å²) in [7, 11) is 3.06. The van der Waals surface area contributed by atoms with Crippen LogP contribution in [0.3, 0.4) is 0 Å². The fourth-order valence-electron chi connectivity index (χ4n) is 2.10. The Hall–Kier alpha value is -1.69. The summed E-state index contributed by atoms with van der Waals surface area (Å²) < 4.78 is 10.0. The Bertz CT molecular complexity index is 569. The minimum absolute atomic E-state index is 0.291. The summed E-state index contributed by atoms with van der Waals surface area (Å²) in [6.07, 6.45) is 0. The maximum atomic E-state index is 12.0. The molecule has 1 atom stereocenters. The molecule has 0 radical (unpaired) electrons. The number of benzene rings is 1. The van der Waals surface area contributed by atoms with Crippen LogP contribution in [0.25, 0.3) is 0 Å². The zero-order valence-corrected chi connectivity index (χ0v) is 13.0. The van der Waals surface area contributed by atoms with Gasteiger partial charge in [-0.25, -0.2) is 4.79 Å². The van der Waals surface area contributed by atoms with E-state index in [4.69, 9.17) is 9.47 Å². The number of carbonyl (C=O) groups excluding carboxylic acids is 1. The van der Waals surface area contributed by atoms with E-state index < -0.39 is 6.04 Å². The van der Waals surface area contributed by atoms with Crippen LogP contribution in [0.2, 0.25) is 0 Å². The number of ether oxygens (including phenoxy) is 2. The van der Waals surface area contributed by atoms with Gasteiger partial charge >= 0.3 is 5.97 Å². The molecule has 1 N–H and O–H groups in total. The summed E-state index contributed by atoms with van der Waals surface area (Å²) in [5, 5.41) is 5.27. The largest absolute Gasteiger partial charge is 0.468 e. The van der Waals surface area contributed by atoms with Gasteiger partial charge in [-0.15, -0.1) is 11.3 Å². The summed E-state index contributed by atoms with van der Waals surface area (Å²) in [5.41, 5.74) is 1.91. The van der Waals surface area contributed by atoms with E-state index in [0.29, 0.717) is 13.2 Å². The van der Waals surface area contributed by atoms with Gasteiger partial charge in [0.05, 0.1) is 13.7 Å². The molecule has 0 saturated heterocycles. The molecule has 2 rings (SSSR count). The molecule has 21 heavy (non-hydrogen) atoms. The Balaban J connectivity index is 2.14. The van der Waals surface area contributed by atoms with Gasteiger partial charge < -0.3 is 9.47 Å². The number of methoxy groups -OCH3 is 2. The summed E-state index contributed by atoms with van der Waals surface area (Å²) in [4.78, 5) is 13.2. The second-order valence-electron chi connectivity index (χ2n) is 4.59. The lowest BCUT2D eigenvalue weighted by atomic mass is 10.0. The third-order valence-corrected chi connectivity index (χ3v) is 3.97. The average molecular weight is 305 g/mol. The molecule has 1 aromatic carbocycles. The Morgan fingerprint density at radius 2 is 2.14 bits per heavy atom. The maximum Gasteiger partial charge on any atom is 0.327 e. The summed E-state index contributed by atoms with van der Waals surface area (Å²) in [6, 6.07) is 11.3. The fraction of sp³-hybridized carbons (Fsp3) is 0.312. The molecule has 112 valence electrons. The molecule has 0 bridgehead atoms. The van der Waals surface area contributed by atoms with Crippen LogP contribution in [-0.4, -0.2) is 20.2 Å². The molecule has 2 aromatic rings. The highest BCUT2D eigenvalue weighted by atomic mass is 32.1. The molecular weight excluding hydrogens is 286 g/mol. The van der Waals surface area contributed by atoms with Crippen LogP contribution in [0, 0.1) is 0 Å². The lowest BCUT2D eigenvalue weighted by Crippen LogP contribution is -2.29. The number of rotatable bonds is 7. The van der Waals surface area contributed by atoms with Gasteiger partial charge in [-0.2, -0.15) is 0 Å². The second-order valence-corrected chi connectivity index (χ2v) is 5.63. The predicted octanol–water partition coefficient (Wildman–Crippen LogP) is 2.90. The second kappa shape index (κ2) is 7.93. The van der Waals surface area contributed by atoms with Gasteiger partial charge in [0.25, 0.3) is 0 Å². The van der Waals surface area contributed by atoms with E-state index in [9.17, 15) is 4.79 Å². The van der Waals surface area contributed by atoms with Crippen molar-refractivity contribution in [3.8, 4) is 0 Å². The lowest BCUT2D eigenvalue weighted by molar-refractivity contribution is -0.143. The number of carbonyl (C=O) groups is 1. The van der Waals surface area contributed by atoms with Crippen molar-refractivity contribution in [1.29, 1.82) is 0 Å². The quantitative estimate of drug-likeness (QED) is 0.799. The highest BCUT2D eigenvalue weighted by molar-refractivity contribution is 7.09. The van der Waals surface area contributed by atoms with Crippen molar-refractivity contribution in [2.24, 2.45) is 0 Å². The van der Waals surface area contributed by atoms with Crippen LogP contribution in [0.15, 0.2) is 41.8 Å². The smallest absolute Gasteiger partial charge is 0.327 e. The van der Waals surface area contributed by atoms with Gasteiger partial charge in [-0.1, -0.05) is 30.3 Å². The molecule has 0 fully saturated rings. The van der Waals surface area contributed by atoms with Crippen LogP contribution >= 0.6 is 11.3 Å². The predicted molar refractivity (Wildman–Crippen MR) is 83.1 cm³/mol. The third kappa shape index (κ3) is 4.39. The first-order valence-corrected chi connectivity index (χ1v) is 7.54. The monoisotopic (exact) mass is 305 g/mol. The molecule has 0 aliphatic carbocycles. The van der Waals surface area contributed by atoms with E-state index in [1.54, 1.807) is 18.4 Å².